The summed E-state index contributed by atoms with van der Waals surface area (Å²) in [6.45, 7) is 4.35. The lowest BCUT2D eigenvalue weighted by atomic mass is 10.3. The molecular formula is C12H14ClNO2. The Morgan fingerprint density at radius 3 is 2.75 bits per heavy atom. The molecule has 16 heavy (non-hydrogen) atoms. The van der Waals surface area contributed by atoms with Gasteiger partial charge < -0.3 is 10.1 Å². The van der Waals surface area contributed by atoms with Crippen molar-refractivity contribution in [2.75, 3.05) is 13.2 Å². The maximum atomic E-state index is 11.2. The van der Waals surface area contributed by atoms with E-state index in [0.29, 0.717) is 30.3 Å². The fourth-order valence-corrected chi connectivity index (χ4v) is 1.19. The molecule has 0 bridgehead atoms. The summed E-state index contributed by atoms with van der Waals surface area (Å²) in [7, 11) is 0. The monoisotopic (exact) mass is 239 g/mol. The van der Waals surface area contributed by atoms with Crippen molar-refractivity contribution in [2.45, 2.75) is 6.42 Å². The number of halogens is 1. The van der Waals surface area contributed by atoms with Gasteiger partial charge in [0.05, 0.1) is 13.0 Å². The van der Waals surface area contributed by atoms with Crippen molar-refractivity contribution in [1.82, 2.24) is 5.32 Å². The molecule has 1 aromatic carbocycles. The number of carbonyl (C=O) groups excluding carboxylic acids is 1. The SMILES string of the molecule is C=CCNC(=O)CCOc1ccc(Cl)cc1. The minimum Gasteiger partial charge on any atom is -0.493 e. The zero-order valence-electron chi connectivity index (χ0n) is 8.91. The van der Waals surface area contributed by atoms with Crippen LogP contribution in [0, 0.1) is 0 Å². The molecule has 86 valence electrons. The van der Waals surface area contributed by atoms with E-state index in [9.17, 15) is 4.79 Å². The van der Waals surface area contributed by atoms with Gasteiger partial charge in [-0.1, -0.05) is 17.7 Å². The number of hydrogen-bond donors (Lipinski definition) is 1. The van der Waals surface area contributed by atoms with Crippen molar-refractivity contribution in [1.29, 1.82) is 0 Å². The van der Waals surface area contributed by atoms with Crippen LogP contribution >= 0.6 is 11.6 Å². The second-order valence-electron chi connectivity index (χ2n) is 3.15. The zero-order valence-corrected chi connectivity index (χ0v) is 9.67. The van der Waals surface area contributed by atoms with Crippen LogP contribution in [0.2, 0.25) is 5.02 Å². The smallest absolute Gasteiger partial charge is 0.223 e. The standard InChI is InChI=1S/C12H14ClNO2/c1-2-8-14-12(15)7-9-16-11-5-3-10(13)4-6-11/h2-6H,1,7-9H2,(H,14,15). The third kappa shape index (κ3) is 4.84. The highest BCUT2D eigenvalue weighted by Crippen LogP contribution is 2.15. The molecule has 1 aromatic rings. The molecule has 0 atom stereocenters. The summed E-state index contributed by atoms with van der Waals surface area (Å²) in [5, 5.41) is 3.33. The van der Waals surface area contributed by atoms with E-state index >= 15 is 0 Å². The van der Waals surface area contributed by atoms with E-state index in [2.05, 4.69) is 11.9 Å². The number of benzene rings is 1. The van der Waals surface area contributed by atoms with Crippen molar-refractivity contribution in [3.05, 3.63) is 41.9 Å². The van der Waals surface area contributed by atoms with Crippen LogP contribution in [0.15, 0.2) is 36.9 Å². The normalized spacial score (nSPS) is 9.56. The Bertz CT molecular complexity index is 349. The van der Waals surface area contributed by atoms with Crippen molar-refractivity contribution in [3.63, 3.8) is 0 Å². The van der Waals surface area contributed by atoms with E-state index in [0.717, 1.165) is 0 Å². The highest BCUT2D eigenvalue weighted by Gasteiger charge is 2.00. The van der Waals surface area contributed by atoms with Crippen LogP contribution in [-0.2, 0) is 4.79 Å². The second kappa shape index (κ2) is 6.90. The first-order valence-electron chi connectivity index (χ1n) is 4.98. The van der Waals surface area contributed by atoms with Crippen LogP contribution in [0.4, 0.5) is 0 Å². The Morgan fingerprint density at radius 2 is 2.12 bits per heavy atom. The Morgan fingerprint density at radius 1 is 1.44 bits per heavy atom. The molecule has 1 N–H and O–H groups in total. The van der Waals surface area contributed by atoms with E-state index in [1.165, 1.54) is 0 Å². The number of hydrogen-bond acceptors (Lipinski definition) is 2. The largest absolute Gasteiger partial charge is 0.493 e. The zero-order chi connectivity index (χ0) is 11.8. The summed E-state index contributed by atoms with van der Waals surface area (Å²) in [5.41, 5.74) is 0. The van der Waals surface area contributed by atoms with Crippen LogP contribution in [0.3, 0.4) is 0 Å². The van der Waals surface area contributed by atoms with Crippen molar-refractivity contribution in [3.8, 4) is 5.75 Å². The molecule has 0 aliphatic heterocycles. The minimum absolute atomic E-state index is 0.0473. The van der Waals surface area contributed by atoms with Crippen LogP contribution in [0.1, 0.15) is 6.42 Å². The first-order chi connectivity index (χ1) is 7.72. The second-order valence-corrected chi connectivity index (χ2v) is 3.58. The third-order valence-corrected chi connectivity index (χ3v) is 2.11. The summed E-state index contributed by atoms with van der Waals surface area (Å²) in [6, 6.07) is 7.03. The molecule has 4 heteroatoms. The van der Waals surface area contributed by atoms with E-state index < -0.39 is 0 Å². The number of ether oxygens (including phenoxy) is 1. The molecule has 0 aliphatic carbocycles. The van der Waals surface area contributed by atoms with Gasteiger partial charge in [0.15, 0.2) is 0 Å². The lowest BCUT2D eigenvalue weighted by Crippen LogP contribution is -2.24. The molecule has 0 aliphatic rings. The molecular weight excluding hydrogens is 226 g/mol. The van der Waals surface area contributed by atoms with Crippen LogP contribution in [-0.4, -0.2) is 19.1 Å². The molecule has 3 nitrogen and oxygen atoms in total. The predicted molar refractivity (Wildman–Crippen MR) is 64.8 cm³/mol. The third-order valence-electron chi connectivity index (χ3n) is 1.86. The predicted octanol–water partition coefficient (Wildman–Crippen LogP) is 2.41. The van der Waals surface area contributed by atoms with Gasteiger partial charge in [-0.05, 0) is 24.3 Å². The lowest BCUT2D eigenvalue weighted by Gasteiger charge is -2.06. The molecule has 1 amide bonds. The lowest BCUT2D eigenvalue weighted by molar-refractivity contribution is -0.121. The van der Waals surface area contributed by atoms with Crippen molar-refractivity contribution in [2.24, 2.45) is 0 Å². The molecule has 0 unspecified atom stereocenters. The molecule has 0 saturated heterocycles. The van der Waals surface area contributed by atoms with Crippen LogP contribution in [0.25, 0.3) is 0 Å². The van der Waals surface area contributed by atoms with Crippen molar-refractivity contribution < 1.29 is 9.53 Å². The van der Waals surface area contributed by atoms with E-state index in [1.807, 2.05) is 0 Å². The van der Waals surface area contributed by atoms with Gasteiger partial charge in [0.1, 0.15) is 5.75 Å². The summed E-state index contributed by atoms with van der Waals surface area (Å²) in [4.78, 5) is 11.2. The maximum absolute atomic E-state index is 11.2. The summed E-state index contributed by atoms with van der Waals surface area (Å²) in [6.07, 6.45) is 1.97. The fraction of sp³-hybridized carbons (Fsp3) is 0.250. The van der Waals surface area contributed by atoms with Gasteiger partial charge in [-0.15, -0.1) is 6.58 Å². The Kier molecular flexibility index (Phi) is 5.43. The van der Waals surface area contributed by atoms with Gasteiger partial charge in [-0.25, -0.2) is 0 Å². The Labute approximate surface area is 100 Å². The number of rotatable bonds is 6. The summed E-state index contributed by atoms with van der Waals surface area (Å²) >= 11 is 5.72. The number of carbonyl (C=O) groups is 1. The summed E-state index contributed by atoms with van der Waals surface area (Å²) < 4.78 is 5.37. The van der Waals surface area contributed by atoms with Gasteiger partial charge in [0, 0.05) is 11.6 Å². The summed E-state index contributed by atoms with van der Waals surface area (Å²) in [5.74, 6) is 0.662. The van der Waals surface area contributed by atoms with E-state index in [4.69, 9.17) is 16.3 Å². The molecule has 0 spiro atoms. The Balaban J connectivity index is 2.22. The van der Waals surface area contributed by atoms with E-state index in [1.54, 1.807) is 30.3 Å². The van der Waals surface area contributed by atoms with Gasteiger partial charge in [-0.2, -0.15) is 0 Å². The topological polar surface area (TPSA) is 38.3 Å². The molecule has 0 radical (unpaired) electrons. The van der Waals surface area contributed by atoms with Gasteiger partial charge in [-0.3, -0.25) is 4.79 Å². The van der Waals surface area contributed by atoms with Crippen LogP contribution < -0.4 is 10.1 Å². The van der Waals surface area contributed by atoms with Gasteiger partial charge >= 0.3 is 0 Å². The van der Waals surface area contributed by atoms with Gasteiger partial charge in [0.2, 0.25) is 5.91 Å². The molecule has 0 saturated carbocycles. The first kappa shape index (κ1) is 12.6. The number of amides is 1. The average molecular weight is 240 g/mol. The maximum Gasteiger partial charge on any atom is 0.223 e. The fourth-order valence-electron chi connectivity index (χ4n) is 1.07. The van der Waals surface area contributed by atoms with Gasteiger partial charge in [0.25, 0.3) is 0 Å². The molecule has 1 rings (SSSR count). The first-order valence-corrected chi connectivity index (χ1v) is 5.36. The molecule has 0 heterocycles. The Hall–Kier alpha value is -1.48. The van der Waals surface area contributed by atoms with Crippen LogP contribution in [0.5, 0.6) is 5.75 Å². The highest BCUT2D eigenvalue weighted by molar-refractivity contribution is 6.30. The minimum atomic E-state index is -0.0473. The quantitative estimate of drug-likeness (QED) is 0.775. The molecule has 0 aromatic heterocycles. The molecule has 0 fully saturated rings. The average Bonchev–Trinajstić information content (AvgIpc) is 2.29. The highest BCUT2D eigenvalue weighted by atomic mass is 35.5. The van der Waals surface area contributed by atoms with E-state index in [-0.39, 0.29) is 5.91 Å². The number of nitrogens with one attached hydrogen (secondary N) is 1. The van der Waals surface area contributed by atoms with Crippen molar-refractivity contribution >= 4 is 17.5 Å².